The molecule has 1 unspecified atom stereocenters. The third-order valence-corrected chi connectivity index (χ3v) is 4.92. The summed E-state index contributed by atoms with van der Waals surface area (Å²) < 4.78 is 13.4. The van der Waals surface area contributed by atoms with E-state index in [4.69, 9.17) is 11.6 Å². The van der Waals surface area contributed by atoms with Crippen LogP contribution in [0.2, 0.25) is 5.02 Å². The van der Waals surface area contributed by atoms with E-state index in [-0.39, 0.29) is 10.8 Å². The van der Waals surface area contributed by atoms with Gasteiger partial charge < -0.3 is 5.32 Å². The van der Waals surface area contributed by atoms with Crippen molar-refractivity contribution < 1.29 is 4.39 Å². The van der Waals surface area contributed by atoms with E-state index >= 15 is 0 Å². The predicted octanol–water partition coefficient (Wildman–Crippen LogP) is 4.81. The fourth-order valence-electron chi connectivity index (χ4n) is 2.44. The molecule has 2 aromatic carbocycles. The Morgan fingerprint density at radius 1 is 1.25 bits per heavy atom. The van der Waals surface area contributed by atoms with Gasteiger partial charge in [0.1, 0.15) is 5.82 Å². The molecule has 0 saturated carbocycles. The minimum Gasteiger partial charge on any atom is -0.306 e. The van der Waals surface area contributed by atoms with E-state index in [1.807, 2.05) is 17.8 Å². The van der Waals surface area contributed by atoms with Gasteiger partial charge in [-0.05, 0) is 41.5 Å². The Hall–Kier alpha value is -1.03. The van der Waals surface area contributed by atoms with Gasteiger partial charge in [-0.2, -0.15) is 0 Å². The average molecular weight is 308 g/mol. The quantitative estimate of drug-likeness (QED) is 0.873. The zero-order valence-corrected chi connectivity index (χ0v) is 12.5. The highest BCUT2D eigenvalue weighted by Gasteiger charge is 2.19. The van der Waals surface area contributed by atoms with Gasteiger partial charge in [0.15, 0.2) is 0 Å². The maximum atomic E-state index is 13.4. The van der Waals surface area contributed by atoms with Crippen LogP contribution in [0.1, 0.15) is 23.6 Å². The minimum atomic E-state index is -0.356. The molecule has 0 aromatic heterocycles. The van der Waals surface area contributed by atoms with Gasteiger partial charge in [-0.25, -0.2) is 4.39 Å². The van der Waals surface area contributed by atoms with Crippen LogP contribution in [0.15, 0.2) is 47.4 Å². The normalized spacial score (nSPS) is 17.8. The zero-order valence-electron chi connectivity index (χ0n) is 10.9. The Balaban J connectivity index is 1.71. The van der Waals surface area contributed by atoms with Crippen LogP contribution in [-0.4, -0.2) is 5.75 Å². The molecule has 0 spiro atoms. The Kier molecular flexibility index (Phi) is 4.29. The first kappa shape index (κ1) is 13.9. The molecule has 104 valence electrons. The molecule has 0 radical (unpaired) electrons. The first-order valence-corrected chi connectivity index (χ1v) is 7.99. The summed E-state index contributed by atoms with van der Waals surface area (Å²) in [6.07, 6.45) is 1.09. The van der Waals surface area contributed by atoms with Gasteiger partial charge in [0.25, 0.3) is 0 Å². The van der Waals surface area contributed by atoms with Gasteiger partial charge in [0, 0.05) is 17.5 Å². The molecule has 2 aromatic rings. The highest BCUT2D eigenvalue weighted by atomic mass is 35.5. The number of hydrogen-bond donors (Lipinski definition) is 1. The van der Waals surface area contributed by atoms with Gasteiger partial charge >= 0.3 is 0 Å². The zero-order chi connectivity index (χ0) is 13.9. The summed E-state index contributed by atoms with van der Waals surface area (Å²) in [5.41, 5.74) is 2.26. The summed E-state index contributed by atoms with van der Waals surface area (Å²) in [4.78, 5) is 1.35. The van der Waals surface area contributed by atoms with Crippen molar-refractivity contribution in [2.45, 2.75) is 23.9 Å². The van der Waals surface area contributed by atoms with Gasteiger partial charge in [-0.15, -0.1) is 11.8 Å². The first-order valence-electron chi connectivity index (χ1n) is 6.63. The van der Waals surface area contributed by atoms with Crippen molar-refractivity contribution in [1.82, 2.24) is 5.32 Å². The molecule has 4 heteroatoms. The van der Waals surface area contributed by atoms with Crippen molar-refractivity contribution in [3.8, 4) is 0 Å². The monoisotopic (exact) mass is 307 g/mol. The topological polar surface area (TPSA) is 12.0 Å². The van der Waals surface area contributed by atoms with Crippen LogP contribution in [-0.2, 0) is 6.54 Å². The molecule has 20 heavy (non-hydrogen) atoms. The number of benzene rings is 2. The molecular formula is C16H15ClFNS. The summed E-state index contributed by atoms with van der Waals surface area (Å²) in [6, 6.07) is 13.8. The summed E-state index contributed by atoms with van der Waals surface area (Å²) in [7, 11) is 0. The van der Waals surface area contributed by atoms with Crippen molar-refractivity contribution >= 4 is 23.4 Å². The third-order valence-electron chi connectivity index (χ3n) is 3.50. The van der Waals surface area contributed by atoms with Gasteiger partial charge in [-0.1, -0.05) is 35.9 Å². The molecule has 1 N–H and O–H groups in total. The molecule has 0 aliphatic carbocycles. The first-order chi connectivity index (χ1) is 9.74. The van der Waals surface area contributed by atoms with E-state index in [1.165, 1.54) is 16.5 Å². The second-order valence-electron chi connectivity index (χ2n) is 4.86. The molecule has 1 heterocycles. The molecule has 0 amide bonds. The Morgan fingerprint density at radius 2 is 2.10 bits per heavy atom. The van der Waals surface area contributed by atoms with Crippen LogP contribution >= 0.6 is 23.4 Å². The van der Waals surface area contributed by atoms with Crippen molar-refractivity contribution in [1.29, 1.82) is 0 Å². The van der Waals surface area contributed by atoms with Crippen LogP contribution in [0.25, 0.3) is 0 Å². The molecule has 0 saturated heterocycles. The highest BCUT2D eigenvalue weighted by molar-refractivity contribution is 7.99. The molecule has 0 fully saturated rings. The van der Waals surface area contributed by atoms with Crippen molar-refractivity contribution in [2.75, 3.05) is 5.75 Å². The van der Waals surface area contributed by atoms with Crippen LogP contribution in [0, 0.1) is 5.82 Å². The number of hydrogen-bond acceptors (Lipinski definition) is 2. The maximum absolute atomic E-state index is 13.4. The lowest BCUT2D eigenvalue weighted by Gasteiger charge is -2.26. The van der Waals surface area contributed by atoms with Crippen molar-refractivity contribution in [3.05, 3.63) is 64.4 Å². The minimum absolute atomic E-state index is 0.174. The molecule has 3 rings (SSSR count). The van der Waals surface area contributed by atoms with Crippen LogP contribution in [0.4, 0.5) is 4.39 Å². The van der Waals surface area contributed by atoms with E-state index < -0.39 is 0 Å². The Bertz CT molecular complexity index is 617. The van der Waals surface area contributed by atoms with Gasteiger partial charge in [0.2, 0.25) is 0 Å². The van der Waals surface area contributed by atoms with Gasteiger partial charge in [-0.3, -0.25) is 0 Å². The van der Waals surface area contributed by atoms with Crippen molar-refractivity contribution in [2.24, 2.45) is 0 Å². The molecule has 0 bridgehead atoms. The SMILES string of the molecule is Fc1cc(CNC2CCSc3ccccc32)ccc1Cl. The number of halogens is 2. The smallest absolute Gasteiger partial charge is 0.142 e. The van der Waals surface area contributed by atoms with Gasteiger partial charge in [0.05, 0.1) is 5.02 Å². The van der Waals surface area contributed by atoms with Crippen LogP contribution in [0.3, 0.4) is 0 Å². The molecule has 1 atom stereocenters. The average Bonchev–Trinajstić information content (AvgIpc) is 2.48. The summed E-state index contributed by atoms with van der Waals surface area (Å²) >= 11 is 7.60. The number of thioether (sulfide) groups is 1. The van der Waals surface area contributed by atoms with Crippen molar-refractivity contribution in [3.63, 3.8) is 0 Å². The summed E-state index contributed by atoms with van der Waals surface area (Å²) in [6.45, 7) is 0.651. The standard InChI is InChI=1S/C16H15ClFNS/c17-13-6-5-11(9-14(13)18)10-19-15-7-8-20-16-4-2-1-3-12(15)16/h1-6,9,15,19H,7-8,10H2. The van der Waals surface area contributed by atoms with E-state index in [2.05, 4.69) is 29.6 Å². The number of nitrogens with one attached hydrogen (secondary N) is 1. The largest absolute Gasteiger partial charge is 0.306 e. The van der Waals surface area contributed by atoms with Crippen LogP contribution < -0.4 is 5.32 Å². The third kappa shape index (κ3) is 3.00. The summed E-state index contributed by atoms with van der Waals surface area (Å²) in [5, 5.41) is 3.69. The number of fused-ring (bicyclic) bond motifs is 1. The number of rotatable bonds is 3. The fourth-order valence-corrected chi connectivity index (χ4v) is 3.69. The lowest BCUT2D eigenvalue weighted by atomic mass is 10.0. The fraction of sp³-hybridized carbons (Fsp3) is 0.250. The maximum Gasteiger partial charge on any atom is 0.142 e. The van der Waals surface area contributed by atoms with E-state index in [9.17, 15) is 4.39 Å². The Labute approximate surface area is 127 Å². The van der Waals surface area contributed by atoms with Crippen LogP contribution in [0.5, 0.6) is 0 Å². The van der Waals surface area contributed by atoms with E-state index in [0.717, 1.165) is 17.7 Å². The highest BCUT2D eigenvalue weighted by Crippen LogP contribution is 2.35. The van der Waals surface area contributed by atoms with E-state index in [1.54, 1.807) is 6.07 Å². The summed E-state index contributed by atoms with van der Waals surface area (Å²) in [5.74, 6) is 0.759. The predicted molar refractivity (Wildman–Crippen MR) is 82.8 cm³/mol. The Morgan fingerprint density at radius 3 is 2.95 bits per heavy atom. The molecular weight excluding hydrogens is 293 g/mol. The van der Waals surface area contributed by atoms with E-state index in [0.29, 0.717) is 12.6 Å². The molecule has 1 nitrogen and oxygen atoms in total. The molecule has 1 aliphatic rings. The molecule has 1 aliphatic heterocycles. The second kappa shape index (κ2) is 6.17. The second-order valence-corrected chi connectivity index (χ2v) is 6.40. The lowest BCUT2D eigenvalue weighted by molar-refractivity contribution is 0.508. The lowest BCUT2D eigenvalue weighted by Crippen LogP contribution is -2.24.